The molecule has 0 aliphatic rings. The Balaban J connectivity index is 1.24. The number of aromatic nitrogens is 4. The van der Waals surface area contributed by atoms with Crippen molar-refractivity contribution in [1.82, 2.24) is 18.7 Å². The van der Waals surface area contributed by atoms with Gasteiger partial charge >= 0.3 is 0 Å². The highest BCUT2D eigenvalue weighted by Crippen LogP contribution is 2.47. The number of benzene rings is 3. The van der Waals surface area contributed by atoms with Crippen LogP contribution in [0, 0.1) is 23.5 Å². The zero-order valence-electron chi connectivity index (χ0n) is 35.6. The minimum atomic E-state index is -0.189. The molecule has 9 heteroatoms. The first-order valence-electron chi connectivity index (χ1n) is 22.1. The predicted molar refractivity (Wildman–Crippen MR) is 250 cm³/mol. The van der Waals surface area contributed by atoms with E-state index in [9.17, 15) is 0 Å². The molecule has 59 heavy (non-hydrogen) atoms. The molecule has 4 aromatic heterocycles. The number of hydrogen-bond acceptors (Lipinski definition) is 7. The van der Waals surface area contributed by atoms with Crippen LogP contribution in [0.2, 0.25) is 0 Å². The van der Waals surface area contributed by atoms with Gasteiger partial charge in [0.2, 0.25) is 0 Å². The van der Waals surface area contributed by atoms with E-state index in [0.29, 0.717) is 23.0 Å². The highest BCUT2D eigenvalue weighted by atomic mass is 32.1. The molecule has 3 aromatic carbocycles. The van der Waals surface area contributed by atoms with Gasteiger partial charge in [0.05, 0.1) is 23.1 Å². The van der Waals surface area contributed by atoms with E-state index >= 15 is 8.78 Å². The van der Waals surface area contributed by atoms with E-state index in [1.54, 1.807) is 34.8 Å². The van der Waals surface area contributed by atoms with E-state index in [0.717, 1.165) is 114 Å². The molecular weight excluding hydrogens is 791 g/mol. The number of thiophene rings is 2. The topological polar surface area (TPSA) is 51.6 Å². The first-order chi connectivity index (χ1) is 28.8. The predicted octanol–water partition coefficient (Wildman–Crippen LogP) is 16.1. The molecule has 0 aliphatic carbocycles. The van der Waals surface area contributed by atoms with Gasteiger partial charge in [-0.3, -0.25) is 0 Å². The number of hydrogen-bond donors (Lipinski definition) is 0. The zero-order valence-corrected chi connectivity index (χ0v) is 38.0. The van der Waals surface area contributed by atoms with E-state index in [1.165, 1.54) is 63.1 Å². The summed E-state index contributed by atoms with van der Waals surface area (Å²) in [6.45, 7) is 13.2. The van der Waals surface area contributed by atoms with Crippen molar-refractivity contribution in [2.24, 2.45) is 11.8 Å². The Bertz CT molecular complexity index is 2330. The Morgan fingerprint density at radius 3 is 1.31 bits per heavy atom. The summed E-state index contributed by atoms with van der Waals surface area (Å²) in [5.74, 6) is 0.995. The summed E-state index contributed by atoms with van der Waals surface area (Å²) in [4.78, 5) is 14.3. The zero-order chi connectivity index (χ0) is 41.5. The average Bonchev–Trinajstić information content (AvgIpc) is 4.05. The van der Waals surface area contributed by atoms with Crippen molar-refractivity contribution in [1.29, 1.82) is 0 Å². The molecule has 0 bridgehead atoms. The molecule has 7 aromatic rings. The van der Waals surface area contributed by atoms with Crippen LogP contribution in [0.4, 0.5) is 8.78 Å². The van der Waals surface area contributed by atoms with E-state index in [1.807, 2.05) is 24.3 Å². The quantitative estimate of drug-likeness (QED) is 0.0767. The van der Waals surface area contributed by atoms with Crippen molar-refractivity contribution in [2.75, 3.05) is 0 Å². The van der Waals surface area contributed by atoms with Gasteiger partial charge in [0.1, 0.15) is 33.7 Å². The summed E-state index contributed by atoms with van der Waals surface area (Å²) in [6, 6.07) is 19.7. The van der Waals surface area contributed by atoms with Crippen LogP contribution in [-0.4, -0.2) is 18.7 Å². The largest absolute Gasteiger partial charge is 0.249 e. The molecule has 0 saturated heterocycles. The Morgan fingerprint density at radius 2 is 0.932 bits per heavy atom. The summed E-state index contributed by atoms with van der Waals surface area (Å²) in [5.41, 5.74) is 10.0. The van der Waals surface area contributed by atoms with Crippen LogP contribution in [0.15, 0.2) is 60.7 Å². The third kappa shape index (κ3) is 9.53. The lowest BCUT2D eigenvalue weighted by Gasteiger charge is -2.14. The lowest BCUT2D eigenvalue weighted by atomic mass is 9.92. The first kappa shape index (κ1) is 43.2. The molecule has 0 fully saturated rings. The van der Waals surface area contributed by atoms with Gasteiger partial charge < -0.3 is 0 Å². The maximum absolute atomic E-state index is 15.9. The van der Waals surface area contributed by atoms with Crippen molar-refractivity contribution in [3.8, 4) is 41.8 Å². The number of fused-ring (bicyclic) bond motifs is 2. The third-order valence-corrected chi connectivity index (χ3v) is 15.0. The SMILES string of the molecule is CCCCC(CC)CCc1ccc(-c2ccc(-c3c4nsnc4c(-c4ccc(-c5ccc(CCC(CC)CCCC)cc5F)s4)c4nc(CC)c(CC)nc34)s2)c(F)c1. The van der Waals surface area contributed by atoms with Crippen molar-refractivity contribution in [2.45, 2.75) is 131 Å². The fourth-order valence-corrected chi connectivity index (χ4v) is 11.2. The van der Waals surface area contributed by atoms with Crippen LogP contribution >= 0.6 is 34.4 Å². The van der Waals surface area contributed by atoms with Gasteiger partial charge in [-0.1, -0.05) is 117 Å². The van der Waals surface area contributed by atoms with Gasteiger partial charge in [0.25, 0.3) is 0 Å². The fraction of sp³-hybridized carbons (Fsp3) is 0.440. The highest BCUT2D eigenvalue weighted by molar-refractivity contribution is 7.19. The van der Waals surface area contributed by atoms with E-state index < -0.39 is 0 Å². The van der Waals surface area contributed by atoms with Gasteiger partial charge in [-0.25, -0.2) is 18.7 Å². The summed E-state index contributed by atoms with van der Waals surface area (Å²) in [5, 5.41) is 0. The molecule has 0 spiro atoms. The highest BCUT2D eigenvalue weighted by Gasteiger charge is 2.26. The number of aryl methyl sites for hydroxylation is 4. The van der Waals surface area contributed by atoms with Crippen molar-refractivity contribution in [3.63, 3.8) is 0 Å². The normalized spacial score (nSPS) is 12.9. The van der Waals surface area contributed by atoms with Gasteiger partial charge in [0, 0.05) is 41.8 Å². The second kappa shape index (κ2) is 20.1. The van der Waals surface area contributed by atoms with Crippen LogP contribution in [-0.2, 0) is 25.7 Å². The van der Waals surface area contributed by atoms with Crippen molar-refractivity contribution < 1.29 is 8.78 Å². The maximum Gasteiger partial charge on any atom is 0.132 e. The van der Waals surface area contributed by atoms with E-state index in [4.69, 9.17) is 18.7 Å². The number of rotatable bonds is 20. The fourth-order valence-electron chi connectivity index (χ4n) is 8.52. The Morgan fingerprint density at radius 1 is 0.508 bits per heavy atom. The van der Waals surface area contributed by atoms with Crippen LogP contribution < -0.4 is 0 Å². The second-order valence-corrected chi connectivity index (χ2v) is 18.8. The minimum Gasteiger partial charge on any atom is -0.249 e. The smallest absolute Gasteiger partial charge is 0.132 e. The molecule has 2 unspecified atom stereocenters. The lowest BCUT2D eigenvalue weighted by Crippen LogP contribution is -2.03. The van der Waals surface area contributed by atoms with Crippen molar-refractivity contribution in [3.05, 3.63) is 94.8 Å². The Kier molecular flexibility index (Phi) is 14.7. The van der Waals surface area contributed by atoms with Gasteiger partial charge in [0.15, 0.2) is 0 Å². The summed E-state index contributed by atoms with van der Waals surface area (Å²) >= 11 is 4.28. The van der Waals surface area contributed by atoms with Crippen LogP contribution in [0.25, 0.3) is 63.8 Å². The monoisotopic (exact) mass is 848 g/mol. The minimum absolute atomic E-state index is 0.189. The molecule has 0 aliphatic heterocycles. The second-order valence-electron chi connectivity index (χ2n) is 16.1. The van der Waals surface area contributed by atoms with Crippen molar-refractivity contribution >= 4 is 56.5 Å². The Labute approximate surface area is 361 Å². The number of unbranched alkanes of at least 4 members (excludes halogenated alkanes) is 2. The average molecular weight is 849 g/mol. The molecule has 0 radical (unpaired) electrons. The number of halogens is 2. The molecular formula is C50H58F2N4S3. The summed E-state index contributed by atoms with van der Waals surface area (Å²) < 4.78 is 41.5. The van der Waals surface area contributed by atoms with Gasteiger partial charge in [-0.15, -0.1) is 22.7 Å². The first-order valence-corrected chi connectivity index (χ1v) is 24.4. The molecule has 0 N–H and O–H groups in total. The lowest BCUT2D eigenvalue weighted by molar-refractivity contribution is 0.421. The third-order valence-electron chi connectivity index (χ3n) is 12.2. The standard InChI is InChI=1S/C50H58F2N4S3/c1-7-13-15-31(9-3)17-19-33-21-23-35(37(51)29-33)41-25-27-43(57-41)45-47-48(54-40(12-6)39(11-5)53-47)46(50-49(45)55-59-56-50)44-28-26-42(58-44)36-24-22-34(30-38(36)52)20-18-32(10-4)16-14-8-2/h21-32H,7-20H2,1-6H3. The Hall–Kier alpha value is -3.92. The molecule has 0 amide bonds. The molecule has 310 valence electrons. The molecule has 4 nitrogen and oxygen atoms in total. The summed E-state index contributed by atoms with van der Waals surface area (Å²) in [6.07, 6.45) is 15.2. The summed E-state index contributed by atoms with van der Waals surface area (Å²) in [7, 11) is 0. The van der Waals surface area contributed by atoms with Gasteiger partial charge in [-0.2, -0.15) is 8.75 Å². The van der Waals surface area contributed by atoms with E-state index in [-0.39, 0.29) is 11.6 Å². The molecule has 0 saturated carbocycles. The molecule has 2 atom stereocenters. The van der Waals surface area contributed by atoms with Crippen LogP contribution in [0.5, 0.6) is 0 Å². The van der Waals surface area contributed by atoms with Crippen LogP contribution in [0.3, 0.4) is 0 Å². The molecule has 7 rings (SSSR count). The number of nitrogens with zero attached hydrogens (tertiary/aromatic N) is 4. The maximum atomic E-state index is 15.9. The van der Waals surface area contributed by atoms with Crippen LogP contribution in [0.1, 0.15) is 128 Å². The van der Waals surface area contributed by atoms with Gasteiger partial charge in [-0.05, 0) is 97.9 Å². The molecule has 4 heterocycles. The van der Waals surface area contributed by atoms with E-state index in [2.05, 4.69) is 65.8 Å².